The molecule has 4 aromatic rings. The molecule has 12 heteroatoms. The van der Waals surface area contributed by atoms with Crippen LogP contribution in [-0.2, 0) is 11.3 Å². The fourth-order valence-corrected chi connectivity index (χ4v) is 4.79. The maximum absolute atomic E-state index is 10.7. The molecule has 1 saturated heterocycles. The Bertz CT molecular complexity index is 1420. The molecule has 0 spiro atoms. The van der Waals surface area contributed by atoms with Crippen LogP contribution in [0, 0.1) is 0 Å². The standard InChI is InChI=1S/C28H34N6O6/c29-25-22-26(32-16-31-25)34(27-24(38)23(37)21(15-36)40-27)28(33-22)30-14-17-9-10-19(18-7-3-1-4-8-18)20(13-17)39-12-6-2-5-11-35/h1,3-4,7-10,13,16,21,23-24,27,35-38H,2,5-6,11-12,14-15H2,(H,30,33)(H2,29,31,32)/t21-,23-,24-,27-/m1/s1. The first-order valence-electron chi connectivity index (χ1n) is 13.3. The normalized spacial score (nSPS) is 20.7. The molecule has 12 nitrogen and oxygen atoms in total. The zero-order chi connectivity index (χ0) is 28.1. The smallest absolute Gasteiger partial charge is 0.207 e. The second-order valence-electron chi connectivity index (χ2n) is 9.65. The molecule has 1 fully saturated rings. The van der Waals surface area contributed by atoms with E-state index in [1.54, 1.807) is 0 Å². The predicted molar refractivity (Wildman–Crippen MR) is 148 cm³/mol. The number of hydrogen-bond acceptors (Lipinski definition) is 11. The van der Waals surface area contributed by atoms with Gasteiger partial charge in [0.15, 0.2) is 23.2 Å². The second-order valence-corrected chi connectivity index (χ2v) is 9.65. The van der Waals surface area contributed by atoms with Crippen LogP contribution in [0.1, 0.15) is 31.1 Å². The number of aliphatic hydroxyl groups excluding tert-OH is 4. The average Bonchev–Trinajstić information content (AvgIpc) is 3.49. The summed E-state index contributed by atoms with van der Waals surface area (Å²) in [6.45, 7) is 0.565. The van der Waals surface area contributed by atoms with Crippen molar-refractivity contribution in [1.29, 1.82) is 0 Å². The van der Waals surface area contributed by atoms with Crippen LogP contribution >= 0.6 is 0 Å². The molecule has 0 aliphatic carbocycles. The summed E-state index contributed by atoms with van der Waals surface area (Å²) in [5.41, 5.74) is 9.59. The maximum atomic E-state index is 10.7. The van der Waals surface area contributed by atoms with Crippen LogP contribution in [0.15, 0.2) is 54.9 Å². The molecule has 2 aromatic heterocycles. The van der Waals surface area contributed by atoms with Crippen molar-refractivity contribution >= 4 is 22.9 Å². The molecule has 4 atom stereocenters. The van der Waals surface area contributed by atoms with Gasteiger partial charge in [0.2, 0.25) is 5.95 Å². The highest BCUT2D eigenvalue weighted by atomic mass is 16.6. The number of ether oxygens (including phenoxy) is 2. The van der Waals surface area contributed by atoms with Crippen molar-refractivity contribution in [3.8, 4) is 16.9 Å². The van der Waals surface area contributed by atoms with Gasteiger partial charge in [-0.25, -0.2) is 15.0 Å². The SMILES string of the molecule is Nc1ncnc2c1nc(NCc1ccc(-c3ccccc3)c(OCCCCCO)c1)n2[C@@H]1O[C@H](CO)[C@@H](O)[C@H]1O. The van der Waals surface area contributed by atoms with Crippen LogP contribution in [0.5, 0.6) is 5.75 Å². The second kappa shape index (κ2) is 12.6. The van der Waals surface area contributed by atoms with Crippen LogP contribution < -0.4 is 15.8 Å². The van der Waals surface area contributed by atoms with E-state index in [-0.39, 0.29) is 12.4 Å². The maximum Gasteiger partial charge on any atom is 0.207 e. The van der Waals surface area contributed by atoms with E-state index in [9.17, 15) is 15.3 Å². The van der Waals surface area contributed by atoms with E-state index in [4.69, 9.17) is 20.3 Å². The lowest BCUT2D eigenvalue weighted by Gasteiger charge is -2.20. The number of anilines is 2. The first kappa shape index (κ1) is 27.7. The third-order valence-corrected chi connectivity index (χ3v) is 6.92. The summed E-state index contributed by atoms with van der Waals surface area (Å²) >= 11 is 0. The molecule has 5 rings (SSSR count). The predicted octanol–water partition coefficient (Wildman–Crippen LogP) is 1.84. The van der Waals surface area contributed by atoms with Crippen molar-refractivity contribution in [2.45, 2.75) is 50.3 Å². The monoisotopic (exact) mass is 550 g/mol. The Hall–Kier alpha value is -3.81. The molecule has 1 aliphatic rings. The molecule has 1 aliphatic heterocycles. The van der Waals surface area contributed by atoms with Crippen molar-refractivity contribution < 1.29 is 29.9 Å². The van der Waals surface area contributed by atoms with E-state index < -0.39 is 31.1 Å². The number of rotatable bonds is 12. The average molecular weight is 551 g/mol. The number of hydrogen-bond donors (Lipinski definition) is 6. The summed E-state index contributed by atoms with van der Waals surface area (Å²) in [7, 11) is 0. The van der Waals surface area contributed by atoms with Gasteiger partial charge in [-0.05, 0) is 36.5 Å². The zero-order valence-electron chi connectivity index (χ0n) is 21.9. The van der Waals surface area contributed by atoms with Gasteiger partial charge in [0.25, 0.3) is 0 Å². The van der Waals surface area contributed by atoms with Gasteiger partial charge in [-0.1, -0.05) is 42.5 Å². The van der Waals surface area contributed by atoms with E-state index in [2.05, 4.69) is 20.3 Å². The first-order chi connectivity index (χ1) is 19.5. The molecule has 0 saturated carbocycles. The Kier molecular flexibility index (Phi) is 8.72. The lowest BCUT2D eigenvalue weighted by Crippen LogP contribution is -2.33. The fourth-order valence-electron chi connectivity index (χ4n) is 4.79. The van der Waals surface area contributed by atoms with E-state index in [0.29, 0.717) is 30.3 Å². The number of aliphatic hydroxyl groups is 4. The number of aromatic nitrogens is 4. The molecule has 7 N–H and O–H groups in total. The van der Waals surface area contributed by atoms with Gasteiger partial charge in [-0.3, -0.25) is 4.57 Å². The number of imidazole rings is 1. The largest absolute Gasteiger partial charge is 0.493 e. The minimum atomic E-state index is -1.33. The summed E-state index contributed by atoms with van der Waals surface area (Å²) in [6.07, 6.45) is -0.920. The number of nitrogen functional groups attached to an aromatic ring is 1. The van der Waals surface area contributed by atoms with Gasteiger partial charge in [-0.2, -0.15) is 0 Å². The molecule has 0 unspecified atom stereocenters. The highest BCUT2D eigenvalue weighted by molar-refractivity contribution is 5.84. The molecule has 0 radical (unpaired) electrons. The van der Waals surface area contributed by atoms with E-state index >= 15 is 0 Å². The van der Waals surface area contributed by atoms with Crippen molar-refractivity contribution in [2.75, 3.05) is 30.9 Å². The van der Waals surface area contributed by atoms with Crippen LogP contribution in [0.3, 0.4) is 0 Å². The Balaban J connectivity index is 1.42. The third-order valence-electron chi connectivity index (χ3n) is 6.92. The number of unbranched alkanes of at least 4 members (excludes halogenated alkanes) is 2. The summed E-state index contributed by atoms with van der Waals surface area (Å²) in [5.74, 6) is 1.19. The van der Waals surface area contributed by atoms with Gasteiger partial charge in [-0.15, -0.1) is 0 Å². The van der Waals surface area contributed by atoms with Crippen LogP contribution in [-0.4, -0.2) is 78.1 Å². The summed E-state index contributed by atoms with van der Waals surface area (Å²) in [4.78, 5) is 12.9. The fraction of sp³-hybridized carbons (Fsp3) is 0.393. The van der Waals surface area contributed by atoms with Crippen molar-refractivity contribution in [3.05, 3.63) is 60.4 Å². The summed E-state index contributed by atoms with van der Waals surface area (Å²) in [6, 6.07) is 15.9. The van der Waals surface area contributed by atoms with Crippen molar-refractivity contribution in [3.63, 3.8) is 0 Å². The molecular weight excluding hydrogens is 516 g/mol. The number of nitrogens with zero attached hydrogens (tertiary/aromatic N) is 4. The molecule has 0 amide bonds. The number of fused-ring (bicyclic) bond motifs is 1. The van der Waals surface area contributed by atoms with Gasteiger partial charge >= 0.3 is 0 Å². The molecule has 2 aromatic carbocycles. The highest BCUT2D eigenvalue weighted by Gasteiger charge is 2.45. The third kappa shape index (κ3) is 5.71. The van der Waals surface area contributed by atoms with Crippen LogP contribution in [0.2, 0.25) is 0 Å². The number of nitrogens with two attached hydrogens (primary N) is 1. The lowest BCUT2D eigenvalue weighted by atomic mass is 10.0. The Morgan fingerprint density at radius 2 is 1.82 bits per heavy atom. The molecule has 40 heavy (non-hydrogen) atoms. The Morgan fingerprint density at radius 3 is 2.58 bits per heavy atom. The summed E-state index contributed by atoms with van der Waals surface area (Å²) < 4.78 is 13.5. The minimum absolute atomic E-state index is 0.155. The zero-order valence-corrected chi connectivity index (χ0v) is 21.9. The van der Waals surface area contributed by atoms with Gasteiger partial charge in [0.1, 0.15) is 30.4 Å². The van der Waals surface area contributed by atoms with Gasteiger partial charge in [0.05, 0.1) is 13.2 Å². The van der Waals surface area contributed by atoms with E-state index in [1.165, 1.54) is 10.9 Å². The van der Waals surface area contributed by atoms with Gasteiger partial charge < -0.3 is 41.0 Å². The van der Waals surface area contributed by atoms with Crippen molar-refractivity contribution in [2.24, 2.45) is 0 Å². The van der Waals surface area contributed by atoms with E-state index in [0.717, 1.165) is 41.7 Å². The van der Waals surface area contributed by atoms with Crippen molar-refractivity contribution in [1.82, 2.24) is 19.5 Å². The highest BCUT2D eigenvalue weighted by Crippen LogP contribution is 2.36. The van der Waals surface area contributed by atoms with Crippen LogP contribution in [0.25, 0.3) is 22.3 Å². The molecule has 212 valence electrons. The lowest BCUT2D eigenvalue weighted by molar-refractivity contribution is -0.0501. The number of benzene rings is 2. The Labute approximate surface area is 231 Å². The van der Waals surface area contributed by atoms with Gasteiger partial charge in [0, 0.05) is 18.7 Å². The summed E-state index contributed by atoms with van der Waals surface area (Å²) in [5, 5.41) is 43.0. The minimum Gasteiger partial charge on any atom is -0.493 e. The Morgan fingerprint density at radius 1 is 1.00 bits per heavy atom. The van der Waals surface area contributed by atoms with E-state index in [1.807, 2.05) is 48.5 Å². The topological polar surface area (TPSA) is 181 Å². The van der Waals surface area contributed by atoms with Crippen LogP contribution in [0.4, 0.5) is 11.8 Å². The number of nitrogens with one attached hydrogen (secondary N) is 1. The first-order valence-corrected chi connectivity index (χ1v) is 13.3. The quantitative estimate of drug-likeness (QED) is 0.142. The molecule has 0 bridgehead atoms. The molecular formula is C28H34N6O6. The molecule has 3 heterocycles.